The van der Waals surface area contributed by atoms with Crippen molar-refractivity contribution in [2.45, 2.75) is 39.5 Å². The van der Waals surface area contributed by atoms with E-state index in [0.717, 1.165) is 70.1 Å². The van der Waals surface area contributed by atoms with Gasteiger partial charge in [-0.25, -0.2) is 4.39 Å². The van der Waals surface area contributed by atoms with Crippen LogP contribution in [0.2, 0.25) is 0 Å². The van der Waals surface area contributed by atoms with E-state index in [-0.39, 0.29) is 5.82 Å². The van der Waals surface area contributed by atoms with Gasteiger partial charge in [0.2, 0.25) is 0 Å². The fraction of sp³-hybridized carbons (Fsp3) is 0.611. The highest BCUT2D eigenvalue weighted by Crippen LogP contribution is 2.06. The number of unbranched alkanes of at least 4 members (excludes halogenated alkanes) is 1. The molecule has 0 amide bonds. The largest absolute Gasteiger partial charge is 0.382 e. The Morgan fingerprint density at radius 3 is 2.78 bits per heavy atom. The number of guanidine groups is 1. The van der Waals surface area contributed by atoms with E-state index in [4.69, 9.17) is 4.74 Å². The summed E-state index contributed by atoms with van der Waals surface area (Å²) in [6.07, 6.45) is 3.87. The molecule has 1 rings (SSSR count). The second-order valence-electron chi connectivity index (χ2n) is 5.32. The van der Waals surface area contributed by atoms with Crippen molar-refractivity contribution < 1.29 is 9.13 Å². The van der Waals surface area contributed by atoms with E-state index in [1.165, 1.54) is 6.07 Å². The minimum absolute atomic E-state index is 0.173. The standard InChI is InChI=1S/C18H30FN3O/c1-3-20-18(21-12-5-6-14-23-4-2)22-13-8-10-16-9-7-11-17(19)15-16/h7,9,11,15H,3-6,8,10,12-14H2,1-2H3,(H2,20,21,22). The SMILES string of the molecule is CCNC(=NCCCc1cccc(F)c1)NCCCCOCC. The Morgan fingerprint density at radius 2 is 2.04 bits per heavy atom. The van der Waals surface area contributed by atoms with Gasteiger partial charge in [0.05, 0.1) is 0 Å². The summed E-state index contributed by atoms with van der Waals surface area (Å²) in [7, 11) is 0. The average molecular weight is 323 g/mol. The predicted octanol–water partition coefficient (Wildman–Crippen LogP) is 3.13. The molecule has 130 valence electrons. The highest BCUT2D eigenvalue weighted by Gasteiger charge is 1.98. The zero-order valence-electron chi connectivity index (χ0n) is 14.4. The topological polar surface area (TPSA) is 45.7 Å². The van der Waals surface area contributed by atoms with Crippen LogP contribution in [0, 0.1) is 5.82 Å². The number of hydrogen-bond donors (Lipinski definition) is 2. The second-order valence-corrected chi connectivity index (χ2v) is 5.32. The van der Waals surface area contributed by atoms with Gasteiger partial charge in [-0.3, -0.25) is 4.99 Å². The fourth-order valence-electron chi connectivity index (χ4n) is 2.19. The van der Waals surface area contributed by atoms with E-state index >= 15 is 0 Å². The van der Waals surface area contributed by atoms with Gasteiger partial charge in [0, 0.05) is 32.8 Å². The lowest BCUT2D eigenvalue weighted by Crippen LogP contribution is -2.38. The maximum Gasteiger partial charge on any atom is 0.191 e. The number of nitrogens with one attached hydrogen (secondary N) is 2. The molecule has 23 heavy (non-hydrogen) atoms. The first-order chi connectivity index (χ1) is 11.3. The molecular weight excluding hydrogens is 293 g/mol. The molecule has 4 nitrogen and oxygen atoms in total. The van der Waals surface area contributed by atoms with Crippen LogP contribution >= 0.6 is 0 Å². The zero-order valence-corrected chi connectivity index (χ0v) is 14.4. The van der Waals surface area contributed by atoms with E-state index < -0.39 is 0 Å². The monoisotopic (exact) mass is 323 g/mol. The average Bonchev–Trinajstić information content (AvgIpc) is 2.54. The zero-order chi connectivity index (χ0) is 16.8. The van der Waals surface area contributed by atoms with Gasteiger partial charge in [-0.2, -0.15) is 0 Å². The van der Waals surface area contributed by atoms with Gasteiger partial charge in [0.1, 0.15) is 5.82 Å². The van der Waals surface area contributed by atoms with Crippen molar-refractivity contribution in [3.05, 3.63) is 35.6 Å². The van der Waals surface area contributed by atoms with Crippen molar-refractivity contribution in [2.75, 3.05) is 32.8 Å². The highest BCUT2D eigenvalue weighted by atomic mass is 19.1. The summed E-state index contributed by atoms with van der Waals surface area (Å²) in [5.74, 6) is 0.677. The minimum atomic E-state index is -0.173. The first-order valence-corrected chi connectivity index (χ1v) is 8.60. The molecule has 0 aliphatic carbocycles. The summed E-state index contributed by atoms with van der Waals surface area (Å²) in [6, 6.07) is 6.77. The molecule has 0 radical (unpaired) electrons. The van der Waals surface area contributed by atoms with Crippen LogP contribution in [0.3, 0.4) is 0 Å². The summed E-state index contributed by atoms with van der Waals surface area (Å²) < 4.78 is 18.4. The highest BCUT2D eigenvalue weighted by molar-refractivity contribution is 5.79. The maximum atomic E-state index is 13.1. The fourth-order valence-corrected chi connectivity index (χ4v) is 2.19. The van der Waals surface area contributed by atoms with Crippen LogP contribution in [0.15, 0.2) is 29.3 Å². The first kappa shape index (κ1) is 19.4. The third-order valence-electron chi connectivity index (χ3n) is 3.34. The van der Waals surface area contributed by atoms with Gasteiger partial charge in [0.25, 0.3) is 0 Å². The smallest absolute Gasteiger partial charge is 0.191 e. The van der Waals surface area contributed by atoms with E-state index in [9.17, 15) is 4.39 Å². The van der Waals surface area contributed by atoms with Gasteiger partial charge in [-0.1, -0.05) is 12.1 Å². The number of rotatable bonds is 11. The molecule has 0 atom stereocenters. The van der Waals surface area contributed by atoms with Crippen molar-refractivity contribution in [1.29, 1.82) is 0 Å². The van der Waals surface area contributed by atoms with Gasteiger partial charge in [0.15, 0.2) is 5.96 Å². The van der Waals surface area contributed by atoms with Crippen molar-refractivity contribution in [3.63, 3.8) is 0 Å². The molecule has 0 heterocycles. The Morgan fingerprint density at radius 1 is 1.17 bits per heavy atom. The molecule has 0 aliphatic heterocycles. The van der Waals surface area contributed by atoms with Crippen molar-refractivity contribution >= 4 is 5.96 Å². The molecule has 1 aromatic carbocycles. The predicted molar refractivity (Wildman–Crippen MR) is 94.4 cm³/mol. The lowest BCUT2D eigenvalue weighted by atomic mass is 10.1. The summed E-state index contributed by atoms with van der Waals surface area (Å²) in [5, 5.41) is 6.57. The molecule has 0 unspecified atom stereocenters. The molecule has 0 fully saturated rings. The number of aryl methyl sites for hydroxylation is 1. The third kappa shape index (κ3) is 9.89. The summed E-state index contributed by atoms with van der Waals surface area (Å²) in [6.45, 7) is 8.13. The molecule has 0 saturated carbocycles. The number of ether oxygens (including phenoxy) is 1. The lowest BCUT2D eigenvalue weighted by Gasteiger charge is -2.11. The lowest BCUT2D eigenvalue weighted by molar-refractivity contribution is 0.143. The number of aliphatic imine (C=N–C) groups is 1. The summed E-state index contributed by atoms with van der Waals surface area (Å²) >= 11 is 0. The number of halogens is 1. The molecule has 0 saturated heterocycles. The Bertz CT molecular complexity index is 452. The van der Waals surface area contributed by atoms with Crippen LogP contribution in [0.5, 0.6) is 0 Å². The third-order valence-corrected chi connectivity index (χ3v) is 3.34. The van der Waals surface area contributed by atoms with Gasteiger partial charge in [-0.15, -0.1) is 0 Å². The number of nitrogens with zero attached hydrogens (tertiary/aromatic N) is 1. The van der Waals surface area contributed by atoms with Crippen LogP contribution in [0.25, 0.3) is 0 Å². The molecule has 0 aliphatic rings. The minimum Gasteiger partial charge on any atom is -0.382 e. The van der Waals surface area contributed by atoms with Crippen LogP contribution in [-0.4, -0.2) is 38.8 Å². The Balaban J connectivity index is 2.23. The van der Waals surface area contributed by atoms with E-state index in [0.29, 0.717) is 0 Å². The molecule has 0 bridgehead atoms. The Kier molecular flexibility index (Phi) is 10.9. The first-order valence-electron chi connectivity index (χ1n) is 8.60. The Hall–Kier alpha value is -1.62. The van der Waals surface area contributed by atoms with E-state index in [2.05, 4.69) is 22.5 Å². The van der Waals surface area contributed by atoms with Crippen molar-refractivity contribution in [3.8, 4) is 0 Å². The number of hydrogen-bond acceptors (Lipinski definition) is 2. The van der Waals surface area contributed by atoms with Gasteiger partial charge in [-0.05, 0) is 57.2 Å². The second kappa shape index (κ2) is 12.9. The van der Waals surface area contributed by atoms with Crippen molar-refractivity contribution in [1.82, 2.24) is 10.6 Å². The molecule has 0 spiro atoms. The van der Waals surface area contributed by atoms with Crippen molar-refractivity contribution in [2.24, 2.45) is 4.99 Å². The van der Waals surface area contributed by atoms with E-state index in [1.807, 2.05) is 13.0 Å². The summed E-state index contributed by atoms with van der Waals surface area (Å²) in [4.78, 5) is 4.55. The van der Waals surface area contributed by atoms with Crippen LogP contribution in [0.1, 0.15) is 38.7 Å². The Labute approximate surface area is 139 Å². The maximum absolute atomic E-state index is 13.1. The summed E-state index contributed by atoms with van der Waals surface area (Å²) in [5.41, 5.74) is 1.02. The molecular formula is C18H30FN3O. The van der Waals surface area contributed by atoms with Crippen LogP contribution < -0.4 is 10.6 Å². The van der Waals surface area contributed by atoms with Gasteiger partial charge < -0.3 is 15.4 Å². The molecule has 1 aromatic rings. The number of benzene rings is 1. The molecule has 5 heteroatoms. The quantitative estimate of drug-likeness (QED) is 0.374. The van der Waals surface area contributed by atoms with Crippen LogP contribution in [0.4, 0.5) is 4.39 Å². The van der Waals surface area contributed by atoms with Crippen LogP contribution in [-0.2, 0) is 11.2 Å². The van der Waals surface area contributed by atoms with E-state index in [1.54, 1.807) is 12.1 Å². The normalized spacial score (nSPS) is 11.5. The molecule has 0 aromatic heterocycles. The van der Waals surface area contributed by atoms with Gasteiger partial charge >= 0.3 is 0 Å². The molecule has 2 N–H and O–H groups in total.